The van der Waals surface area contributed by atoms with Crippen molar-refractivity contribution >= 4 is 22.5 Å². The van der Waals surface area contributed by atoms with E-state index in [9.17, 15) is 13.6 Å². The van der Waals surface area contributed by atoms with Crippen LogP contribution < -0.4 is 5.32 Å². The maximum Gasteiger partial charge on any atom is 0.276 e. The fourth-order valence-corrected chi connectivity index (χ4v) is 3.76. The summed E-state index contributed by atoms with van der Waals surface area (Å²) in [5, 5.41) is 10.4. The van der Waals surface area contributed by atoms with E-state index in [-0.39, 0.29) is 17.3 Å². The van der Waals surface area contributed by atoms with E-state index in [0.717, 1.165) is 11.1 Å². The standard InChI is InChI=1S/C26H18F2N4O/c1-15-18(6-4-8-21(15)27)16-9-11-24-20(13-16)25(32-31-24)26(33)30-17-10-12-23(29-14-17)19-5-2-3-7-22(19)28/h2-14H,1H3,(H,30,33)(H,31,32). The van der Waals surface area contributed by atoms with Crippen molar-refractivity contribution in [2.45, 2.75) is 6.92 Å². The van der Waals surface area contributed by atoms with Crippen LogP contribution in [0.15, 0.2) is 79.0 Å². The van der Waals surface area contributed by atoms with Crippen LogP contribution in [0.1, 0.15) is 16.1 Å². The summed E-state index contributed by atoms with van der Waals surface area (Å²) < 4.78 is 28.0. The number of rotatable bonds is 4. The minimum atomic E-state index is -0.421. The van der Waals surface area contributed by atoms with Crippen molar-refractivity contribution in [3.8, 4) is 22.4 Å². The largest absolute Gasteiger partial charge is 0.319 e. The van der Waals surface area contributed by atoms with Gasteiger partial charge in [-0.1, -0.05) is 30.3 Å². The summed E-state index contributed by atoms with van der Waals surface area (Å²) in [6, 6.07) is 20.0. The molecule has 7 heteroatoms. The number of hydrogen-bond donors (Lipinski definition) is 2. The molecule has 2 heterocycles. The predicted octanol–water partition coefficient (Wildman–Crippen LogP) is 6.13. The molecule has 2 aromatic heterocycles. The summed E-state index contributed by atoms with van der Waals surface area (Å²) in [4.78, 5) is 17.2. The molecular weight excluding hydrogens is 422 g/mol. The lowest BCUT2D eigenvalue weighted by atomic mass is 9.98. The lowest BCUT2D eigenvalue weighted by Gasteiger charge is -2.08. The Morgan fingerprint density at radius 2 is 1.70 bits per heavy atom. The fraction of sp³-hybridized carbons (Fsp3) is 0.0385. The zero-order valence-electron chi connectivity index (χ0n) is 17.6. The number of fused-ring (bicyclic) bond motifs is 1. The Hall–Kier alpha value is -4.39. The van der Waals surface area contributed by atoms with Crippen molar-refractivity contribution in [1.29, 1.82) is 0 Å². The number of amides is 1. The van der Waals surface area contributed by atoms with E-state index < -0.39 is 5.91 Å². The van der Waals surface area contributed by atoms with Gasteiger partial charge in [-0.25, -0.2) is 8.78 Å². The maximum absolute atomic E-state index is 14.0. The lowest BCUT2D eigenvalue weighted by molar-refractivity contribution is 0.102. The summed E-state index contributed by atoms with van der Waals surface area (Å²) in [5.74, 6) is -1.08. The molecule has 5 rings (SSSR count). The average molecular weight is 440 g/mol. The molecule has 2 N–H and O–H groups in total. The number of aromatic amines is 1. The van der Waals surface area contributed by atoms with Gasteiger partial charge in [0.15, 0.2) is 5.69 Å². The summed E-state index contributed by atoms with van der Waals surface area (Å²) in [5.41, 5.74) is 4.26. The van der Waals surface area contributed by atoms with Gasteiger partial charge in [0.2, 0.25) is 0 Å². The van der Waals surface area contributed by atoms with Crippen LogP contribution in [-0.4, -0.2) is 21.1 Å². The number of nitrogens with one attached hydrogen (secondary N) is 2. The number of carbonyl (C=O) groups excluding carboxylic acids is 1. The normalized spacial score (nSPS) is 11.0. The SMILES string of the molecule is Cc1c(F)cccc1-c1ccc2[nH]nc(C(=O)Nc3ccc(-c4ccccc4F)nc3)c2c1. The highest BCUT2D eigenvalue weighted by Gasteiger charge is 2.16. The molecule has 0 radical (unpaired) electrons. The third-order valence-corrected chi connectivity index (χ3v) is 5.53. The Bertz CT molecular complexity index is 1490. The number of hydrogen-bond acceptors (Lipinski definition) is 3. The minimum Gasteiger partial charge on any atom is -0.319 e. The van der Waals surface area contributed by atoms with Gasteiger partial charge in [-0.2, -0.15) is 5.10 Å². The molecule has 0 aliphatic carbocycles. The highest BCUT2D eigenvalue weighted by Crippen LogP contribution is 2.29. The van der Waals surface area contributed by atoms with E-state index in [4.69, 9.17) is 0 Å². The average Bonchev–Trinajstić information content (AvgIpc) is 3.25. The van der Waals surface area contributed by atoms with Gasteiger partial charge in [0.05, 0.1) is 23.1 Å². The van der Waals surface area contributed by atoms with Crippen LogP contribution in [-0.2, 0) is 0 Å². The van der Waals surface area contributed by atoms with Crippen LogP contribution in [0.25, 0.3) is 33.3 Å². The van der Waals surface area contributed by atoms with E-state index in [1.807, 2.05) is 24.3 Å². The first-order chi connectivity index (χ1) is 16.0. The Kier molecular flexibility index (Phi) is 5.14. The first kappa shape index (κ1) is 20.5. The Labute approximate surface area is 188 Å². The minimum absolute atomic E-state index is 0.207. The second-order valence-corrected chi connectivity index (χ2v) is 7.61. The van der Waals surface area contributed by atoms with Gasteiger partial charge in [-0.3, -0.25) is 14.9 Å². The van der Waals surface area contributed by atoms with E-state index >= 15 is 0 Å². The molecular formula is C26H18F2N4O. The highest BCUT2D eigenvalue weighted by molar-refractivity contribution is 6.11. The summed E-state index contributed by atoms with van der Waals surface area (Å²) >= 11 is 0. The van der Waals surface area contributed by atoms with Crippen molar-refractivity contribution in [2.75, 3.05) is 5.32 Å². The third kappa shape index (κ3) is 3.85. The monoisotopic (exact) mass is 440 g/mol. The Balaban J connectivity index is 1.43. The molecule has 0 fully saturated rings. The zero-order chi connectivity index (χ0) is 22.9. The van der Waals surface area contributed by atoms with Crippen molar-refractivity contribution in [1.82, 2.24) is 15.2 Å². The van der Waals surface area contributed by atoms with E-state index in [2.05, 4.69) is 20.5 Å². The first-order valence-electron chi connectivity index (χ1n) is 10.3. The molecule has 0 saturated carbocycles. The van der Waals surface area contributed by atoms with Gasteiger partial charge in [0.1, 0.15) is 11.6 Å². The van der Waals surface area contributed by atoms with Crippen molar-refractivity contribution in [2.24, 2.45) is 0 Å². The third-order valence-electron chi connectivity index (χ3n) is 5.53. The molecule has 0 unspecified atom stereocenters. The highest BCUT2D eigenvalue weighted by atomic mass is 19.1. The van der Waals surface area contributed by atoms with Crippen molar-refractivity contribution in [3.63, 3.8) is 0 Å². The smallest absolute Gasteiger partial charge is 0.276 e. The molecule has 0 spiro atoms. The fourth-order valence-electron chi connectivity index (χ4n) is 3.76. The van der Waals surface area contributed by atoms with Gasteiger partial charge < -0.3 is 5.32 Å². The van der Waals surface area contributed by atoms with Crippen LogP contribution in [0.3, 0.4) is 0 Å². The van der Waals surface area contributed by atoms with Gasteiger partial charge in [-0.15, -0.1) is 0 Å². The van der Waals surface area contributed by atoms with E-state index in [0.29, 0.717) is 33.4 Å². The number of anilines is 1. The molecule has 0 aliphatic heterocycles. The molecule has 5 nitrogen and oxygen atoms in total. The van der Waals surface area contributed by atoms with Crippen LogP contribution in [0, 0.1) is 18.6 Å². The molecule has 33 heavy (non-hydrogen) atoms. The van der Waals surface area contributed by atoms with Gasteiger partial charge >= 0.3 is 0 Å². The molecule has 0 aliphatic rings. The van der Waals surface area contributed by atoms with E-state index in [1.54, 1.807) is 43.3 Å². The molecule has 5 aromatic rings. The number of pyridine rings is 1. The number of halogens is 2. The Morgan fingerprint density at radius 3 is 2.48 bits per heavy atom. The maximum atomic E-state index is 14.0. The van der Waals surface area contributed by atoms with Crippen molar-refractivity contribution < 1.29 is 13.6 Å². The number of carbonyl (C=O) groups is 1. The first-order valence-corrected chi connectivity index (χ1v) is 10.3. The predicted molar refractivity (Wildman–Crippen MR) is 124 cm³/mol. The number of nitrogens with zero attached hydrogens (tertiary/aromatic N) is 2. The molecule has 0 bridgehead atoms. The molecule has 162 valence electrons. The molecule has 1 amide bonds. The number of benzene rings is 3. The molecule has 3 aromatic carbocycles. The van der Waals surface area contributed by atoms with Crippen LogP contribution in [0.2, 0.25) is 0 Å². The molecule has 0 saturated heterocycles. The Morgan fingerprint density at radius 1 is 0.909 bits per heavy atom. The van der Waals surface area contributed by atoms with E-state index in [1.165, 1.54) is 18.3 Å². The molecule has 0 atom stereocenters. The number of H-pyrrole nitrogens is 1. The van der Waals surface area contributed by atoms with Crippen molar-refractivity contribution in [3.05, 3.63) is 102 Å². The van der Waals surface area contributed by atoms with Crippen LogP contribution in [0.5, 0.6) is 0 Å². The summed E-state index contributed by atoms with van der Waals surface area (Å²) in [6.45, 7) is 1.72. The second-order valence-electron chi connectivity index (χ2n) is 7.61. The summed E-state index contributed by atoms with van der Waals surface area (Å²) in [7, 11) is 0. The van der Waals surface area contributed by atoms with Crippen LogP contribution >= 0.6 is 0 Å². The second kappa shape index (κ2) is 8.27. The zero-order valence-corrected chi connectivity index (χ0v) is 17.6. The van der Waals surface area contributed by atoms with Gasteiger partial charge in [0.25, 0.3) is 5.91 Å². The van der Waals surface area contributed by atoms with Gasteiger partial charge in [0, 0.05) is 10.9 Å². The van der Waals surface area contributed by atoms with Gasteiger partial charge in [-0.05, 0) is 66.1 Å². The number of aromatic nitrogens is 3. The topological polar surface area (TPSA) is 70.7 Å². The summed E-state index contributed by atoms with van der Waals surface area (Å²) in [6.07, 6.45) is 1.47. The van der Waals surface area contributed by atoms with Crippen LogP contribution in [0.4, 0.5) is 14.5 Å². The lowest BCUT2D eigenvalue weighted by Crippen LogP contribution is -2.13. The quantitative estimate of drug-likeness (QED) is 0.353.